The van der Waals surface area contributed by atoms with E-state index < -0.39 is 0 Å². The molecule has 0 atom stereocenters. The summed E-state index contributed by atoms with van der Waals surface area (Å²) in [6, 6.07) is 4.55. The highest BCUT2D eigenvalue weighted by Gasteiger charge is 2.25. The third-order valence-corrected chi connectivity index (χ3v) is 4.27. The van der Waals surface area contributed by atoms with Crippen molar-refractivity contribution in [2.45, 2.75) is 70.9 Å². The maximum Gasteiger partial charge on any atom is 0.255 e. The van der Waals surface area contributed by atoms with Crippen molar-refractivity contribution in [2.75, 3.05) is 7.05 Å². The number of rotatable bonds is 3. The van der Waals surface area contributed by atoms with Gasteiger partial charge in [-0.15, -0.1) is 0 Å². The molecule has 2 rings (SSSR count). The van der Waals surface area contributed by atoms with E-state index >= 15 is 0 Å². The van der Waals surface area contributed by atoms with Crippen LogP contribution in [0.3, 0.4) is 0 Å². The monoisotopic (exact) mass is 276 g/mol. The van der Waals surface area contributed by atoms with Crippen LogP contribution in [0.2, 0.25) is 0 Å². The number of aromatic nitrogens is 1. The lowest BCUT2D eigenvalue weighted by Crippen LogP contribution is -2.36. The first-order valence-corrected chi connectivity index (χ1v) is 7.84. The molecule has 1 N–H and O–H groups in total. The molecule has 1 saturated carbocycles. The molecule has 0 spiro atoms. The molecule has 1 fully saturated rings. The van der Waals surface area contributed by atoms with Gasteiger partial charge in [0.1, 0.15) is 0 Å². The van der Waals surface area contributed by atoms with Crippen LogP contribution >= 0.6 is 0 Å². The fourth-order valence-electron chi connectivity index (χ4n) is 3.23. The van der Waals surface area contributed by atoms with Gasteiger partial charge in [-0.3, -0.25) is 4.79 Å². The number of nitrogens with zero attached hydrogens (tertiary/aromatic N) is 1. The zero-order valence-corrected chi connectivity index (χ0v) is 13.3. The first-order valence-electron chi connectivity index (χ1n) is 7.84. The standard InChI is InChI=1S/C17H28N2O/c1-17(2,3)15-11-10-13(12-18-4)16(20)19(15)14-8-6-5-7-9-14/h10-11,14,18H,5-9,12H2,1-4H3. The number of nitrogens with one attached hydrogen (secondary N) is 1. The minimum atomic E-state index is 0.00871. The average molecular weight is 276 g/mol. The second-order valence-electron chi connectivity index (χ2n) is 6.99. The smallest absolute Gasteiger partial charge is 0.255 e. The molecule has 112 valence electrons. The van der Waals surface area contributed by atoms with Crippen LogP contribution in [0.1, 0.15) is 70.2 Å². The summed E-state index contributed by atoms with van der Waals surface area (Å²) in [5.41, 5.74) is 2.27. The SMILES string of the molecule is CNCc1ccc(C(C)(C)C)n(C2CCCCC2)c1=O. The molecule has 0 radical (unpaired) electrons. The van der Waals surface area contributed by atoms with Gasteiger partial charge in [-0.05, 0) is 26.0 Å². The van der Waals surface area contributed by atoms with Crippen LogP contribution in [0.5, 0.6) is 0 Å². The highest BCUT2D eigenvalue weighted by Crippen LogP contribution is 2.31. The summed E-state index contributed by atoms with van der Waals surface area (Å²) in [7, 11) is 1.89. The van der Waals surface area contributed by atoms with E-state index in [0.717, 1.165) is 18.4 Å². The molecule has 20 heavy (non-hydrogen) atoms. The predicted octanol–water partition coefficient (Wildman–Crippen LogP) is 3.37. The lowest BCUT2D eigenvalue weighted by molar-refractivity contribution is 0.324. The average Bonchev–Trinajstić information content (AvgIpc) is 2.41. The minimum absolute atomic E-state index is 0.00871. The van der Waals surface area contributed by atoms with Crippen LogP contribution in [0, 0.1) is 0 Å². The molecule has 0 bridgehead atoms. The predicted molar refractivity (Wildman–Crippen MR) is 84.3 cm³/mol. The van der Waals surface area contributed by atoms with Gasteiger partial charge >= 0.3 is 0 Å². The topological polar surface area (TPSA) is 34.0 Å². The maximum atomic E-state index is 12.8. The highest BCUT2D eigenvalue weighted by atomic mass is 16.1. The molecule has 3 heteroatoms. The van der Waals surface area contributed by atoms with Crippen LogP contribution in [0.4, 0.5) is 0 Å². The molecule has 1 heterocycles. The van der Waals surface area contributed by atoms with Crippen LogP contribution in [0.15, 0.2) is 16.9 Å². The molecular formula is C17H28N2O. The Morgan fingerprint density at radius 3 is 2.40 bits per heavy atom. The summed E-state index contributed by atoms with van der Waals surface area (Å²) >= 11 is 0. The number of hydrogen-bond donors (Lipinski definition) is 1. The minimum Gasteiger partial charge on any atom is -0.315 e. The van der Waals surface area contributed by atoms with Crippen molar-refractivity contribution in [1.29, 1.82) is 0 Å². The van der Waals surface area contributed by atoms with Gasteiger partial charge in [0.25, 0.3) is 5.56 Å². The molecule has 0 saturated heterocycles. The second-order valence-corrected chi connectivity index (χ2v) is 6.99. The van der Waals surface area contributed by atoms with Gasteiger partial charge in [-0.1, -0.05) is 46.1 Å². The van der Waals surface area contributed by atoms with Crippen molar-refractivity contribution in [1.82, 2.24) is 9.88 Å². The molecule has 0 unspecified atom stereocenters. The molecule has 1 aromatic rings. The summed E-state index contributed by atoms with van der Waals surface area (Å²) < 4.78 is 2.10. The Kier molecular flexibility index (Phi) is 4.69. The molecule has 1 aliphatic rings. The Hall–Kier alpha value is -1.09. The fraction of sp³-hybridized carbons (Fsp3) is 0.706. The van der Waals surface area contributed by atoms with Gasteiger partial charge in [0.05, 0.1) is 0 Å². The van der Waals surface area contributed by atoms with Gasteiger partial charge in [-0.2, -0.15) is 0 Å². The van der Waals surface area contributed by atoms with Gasteiger partial charge in [0.2, 0.25) is 0 Å². The first kappa shape index (κ1) is 15.3. The molecule has 0 aliphatic heterocycles. The Labute approximate surface area is 122 Å². The third kappa shape index (κ3) is 3.14. The Morgan fingerprint density at radius 2 is 1.85 bits per heavy atom. The fourth-order valence-corrected chi connectivity index (χ4v) is 3.23. The van der Waals surface area contributed by atoms with Crippen molar-refractivity contribution in [3.05, 3.63) is 33.7 Å². The third-order valence-electron chi connectivity index (χ3n) is 4.27. The van der Waals surface area contributed by atoms with Crippen LogP contribution in [-0.2, 0) is 12.0 Å². The summed E-state index contributed by atoms with van der Waals surface area (Å²) in [6.07, 6.45) is 6.10. The van der Waals surface area contributed by atoms with Gasteiger partial charge < -0.3 is 9.88 Å². The molecule has 0 amide bonds. The van der Waals surface area contributed by atoms with Crippen LogP contribution in [-0.4, -0.2) is 11.6 Å². The van der Waals surface area contributed by atoms with E-state index in [4.69, 9.17) is 0 Å². The highest BCUT2D eigenvalue weighted by molar-refractivity contribution is 5.22. The first-order chi connectivity index (χ1) is 9.45. The normalized spacial score (nSPS) is 17.4. The molecule has 1 aromatic heterocycles. The van der Waals surface area contributed by atoms with E-state index in [2.05, 4.69) is 36.7 Å². The van der Waals surface area contributed by atoms with Crippen molar-refractivity contribution in [2.24, 2.45) is 0 Å². The lowest BCUT2D eigenvalue weighted by Gasteiger charge is -2.32. The van der Waals surface area contributed by atoms with E-state index in [-0.39, 0.29) is 11.0 Å². The quantitative estimate of drug-likeness (QED) is 0.918. The number of pyridine rings is 1. The van der Waals surface area contributed by atoms with Gasteiger partial charge in [0.15, 0.2) is 0 Å². The summed E-state index contributed by atoms with van der Waals surface area (Å²) in [6.45, 7) is 7.23. The molecular weight excluding hydrogens is 248 g/mol. The summed E-state index contributed by atoms with van der Waals surface area (Å²) in [5.74, 6) is 0. The Balaban J connectivity index is 2.53. The Morgan fingerprint density at radius 1 is 1.20 bits per heavy atom. The van der Waals surface area contributed by atoms with Crippen LogP contribution in [0.25, 0.3) is 0 Å². The summed E-state index contributed by atoms with van der Waals surface area (Å²) in [5, 5.41) is 3.10. The maximum absolute atomic E-state index is 12.8. The molecule has 1 aliphatic carbocycles. The van der Waals surface area contributed by atoms with Crippen molar-refractivity contribution in [3.8, 4) is 0 Å². The zero-order chi connectivity index (χ0) is 14.8. The van der Waals surface area contributed by atoms with Crippen LogP contribution < -0.4 is 10.9 Å². The molecule has 0 aromatic carbocycles. The zero-order valence-electron chi connectivity index (χ0n) is 13.3. The largest absolute Gasteiger partial charge is 0.315 e. The number of hydrogen-bond acceptors (Lipinski definition) is 2. The second kappa shape index (κ2) is 6.13. The van der Waals surface area contributed by atoms with E-state index in [1.54, 1.807) is 0 Å². The van der Waals surface area contributed by atoms with Gasteiger partial charge in [-0.25, -0.2) is 0 Å². The van der Waals surface area contributed by atoms with Crippen molar-refractivity contribution < 1.29 is 0 Å². The van der Waals surface area contributed by atoms with E-state index in [1.807, 2.05) is 13.1 Å². The van der Waals surface area contributed by atoms with E-state index in [1.165, 1.54) is 25.0 Å². The Bertz CT molecular complexity index is 505. The van der Waals surface area contributed by atoms with Gasteiger partial charge in [0, 0.05) is 29.3 Å². The van der Waals surface area contributed by atoms with E-state index in [9.17, 15) is 4.79 Å². The van der Waals surface area contributed by atoms with Crippen molar-refractivity contribution in [3.63, 3.8) is 0 Å². The summed E-state index contributed by atoms with van der Waals surface area (Å²) in [4.78, 5) is 12.8. The molecule has 3 nitrogen and oxygen atoms in total. The lowest BCUT2D eigenvalue weighted by atomic mass is 9.88. The van der Waals surface area contributed by atoms with Crippen molar-refractivity contribution >= 4 is 0 Å². The van der Waals surface area contributed by atoms with E-state index in [0.29, 0.717) is 12.6 Å².